The second-order valence-electron chi connectivity index (χ2n) is 4.36. The largest absolute Gasteiger partial charge is 0.465 e. The van der Waals surface area contributed by atoms with Gasteiger partial charge in [-0.25, -0.2) is 4.79 Å². The minimum Gasteiger partial charge on any atom is -0.465 e. The van der Waals surface area contributed by atoms with Crippen LogP contribution in [-0.2, 0) is 4.74 Å². The predicted molar refractivity (Wildman–Crippen MR) is 62.6 cm³/mol. The van der Waals surface area contributed by atoms with Crippen molar-refractivity contribution in [3.63, 3.8) is 0 Å². The van der Waals surface area contributed by atoms with Crippen LogP contribution >= 0.6 is 0 Å². The van der Waals surface area contributed by atoms with E-state index in [4.69, 9.17) is 4.74 Å². The second-order valence-corrected chi connectivity index (χ2v) is 4.36. The lowest BCUT2D eigenvalue weighted by Crippen LogP contribution is -2.13. The first kappa shape index (κ1) is 11.1. The van der Waals surface area contributed by atoms with Crippen LogP contribution in [0.2, 0.25) is 0 Å². The number of ether oxygens (including phenoxy) is 1. The number of carbonyl (C=O) groups excluding carboxylic acids is 1. The third kappa shape index (κ3) is 2.25. The van der Waals surface area contributed by atoms with Crippen LogP contribution in [0.4, 0.5) is 0 Å². The molecule has 86 valence electrons. The minimum atomic E-state index is -0.256. The van der Waals surface area contributed by atoms with Crippen molar-refractivity contribution in [3.8, 4) is 0 Å². The van der Waals surface area contributed by atoms with Crippen molar-refractivity contribution in [3.05, 3.63) is 35.4 Å². The Morgan fingerprint density at radius 1 is 1.50 bits per heavy atom. The summed E-state index contributed by atoms with van der Waals surface area (Å²) in [7, 11) is 3.54. The zero-order valence-electron chi connectivity index (χ0n) is 9.77. The van der Waals surface area contributed by atoms with Gasteiger partial charge < -0.3 is 9.64 Å². The van der Waals surface area contributed by atoms with Gasteiger partial charge in [0.2, 0.25) is 0 Å². The van der Waals surface area contributed by atoms with Gasteiger partial charge >= 0.3 is 5.97 Å². The molecule has 0 bridgehead atoms. The van der Waals surface area contributed by atoms with Gasteiger partial charge in [-0.2, -0.15) is 0 Å². The van der Waals surface area contributed by atoms with E-state index in [1.807, 2.05) is 12.1 Å². The van der Waals surface area contributed by atoms with Gasteiger partial charge in [0.25, 0.3) is 0 Å². The van der Waals surface area contributed by atoms with E-state index in [1.54, 1.807) is 6.07 Å². The molecule has 2 rings (SSSR count). The zero-order valence-corrected chi connectivity index (χ0v) is 9.77. The fraction of sp³-hybridized carbons (Fsp3) is 0.462. The van der Waals surface area contributed by atoms with Gasteiger partial charge in [-0.15, -0.1) is 0 Å². The van der Waals surface area contributed by atoms with E-state index in [0.717, 1.165) is 13.1 Å². The Bertz CT molecular complexity index is 389. The maximum absolute atomic E-state index is 11.4. The summed E-state index contributed by atoms with van der Waals surface area (Å²) in [6.45, 7) is 2.21. The Balaban J connectivity index is 2.19. The third-order valence-corrected chi connectivity index (χ3v) is 3.17. The SMILES string of the molecule is COC(=O)c1cccc(C2CCN(C)C2)c1. The lowest BCUT2D eigenvalue weighted by atomic mass is 9.97. The van der Waals surface area contributed by atoms with Crippen LogP contribution in [-0.4, -0.2) is 38.1 Å². The summed E-state index contributed by atoms with van der Waals surface area (Å²) in [6.07, 6.45) is 1.17. The van der Waals surface area contributed by atoms with E-state index in [0.29, 0.717) is 11.5 Å². The van der Waals surface area contributed by atoms with Gasteiger partial charge in [0, 0.05) is 6.54 Å². The van der Waals surface area contributed by atoms with Crippen molar-refractivity contribution in [1.29, 1.82) is 0 Å². The standard InChI is InChI=1S/C13H17NO2/c1-14-7-6-12(9-14)10-4-3-5-11(8-10)13(15)16-2/h3-5,8,12H,6-7,9H2,1-2H3. The molecule has 1 atom stereocenters. The zero-order chi connectivity index (χ0) is 11.5. The number of likely N-dealkylation sites (N-methyl/N-ethyl adjacent to an activating group) is 1. The van der Waals surface area contributed by atoms with Crippen LogP contribution < -0.4 is 0 Å². The van der Waals surface area contributed by atoms with Gasteiger partial charge in [0.1, 0.15) is 0 Å². The van der Waals surface area contributed by atoms with Crippen LogP contribution in [0, 0.1) is 0 Å². The van der Waals surface area contributed by atoms with Gasteiger partial charge in [-0.1, -0.05) is 12.1 Å². The van der Waals surface area contributed by atoms with Crippen molar-refractivity contribution >= 4 is 5.97 Å². The van der Waals surface area contributed by atoms with E-state index >= 15 is 0 Å². The highest BCUT2D eigenvalue weighted by Gasteiger charge is 2.21. The molecule has 1 fully saturated rings. The average molecular weight is 219 g/mol. The first-order chi connectivity index (χ1) is 7.70. The summed E-state index contributed by atoms with van der Waals surface area (Å²) < 4.78 is 4.73. The normalized spacial score (nSPS) is 21.0. The molecule has 0 N–H and O–H groups in total. The molecule has 0 radical (unpaired) electrons. The fourth-order valence-corrected chi connectivity index (χ4v) is 2.24. The molecule has 1 aromatic rings. The van der Waals surface area contributed by atoms with Crippen molar-refractivity contribution in [2.24, 2.45) is 0 Å². The number of nitrogens with zero attached hydrogens (tertiary/aromatic N) is 1. The molecule has 0 aromatic heterocycles. The van der Waals surface area contributed by atoms with E-state index in [1.165, 1.54) is 19.1 Å². The summed E-state index contributed by atoms with van der Waals surface area (Å²) in [6, 6.07) is 7.78. The maximum atomic E-state index is 11.4. The van der Waals surface area contributed by atoms with Gasteiger partial charge in [-0.3, -0.25) is 0 Å². The summed E-state index contributed by atoms with van der Waals surface area (Å²) in [4.78, 5) is 13.7. The van der Waals surface area contributed by atoms with Crippen LogP contribution in [0.3, 0.4) is 0 Å². The summed E-state index contributed by atoms with van der Waals surface area (Å²) in [5.41, 5.74) is 1.89. The smallest absolute Gasteiger partial charge is 0.337 e. The fourth-order valence-electron chi connectivity index (χ4n) is 2.24. The maximum Gasteiger partial charge on any atom is 0.337 e. The van der Waals surface area contributed by atoms with Crippen LogP contribution in [0.25, 0.3) is 0 Å². The predicted octanol–water partition coefficient (Wildman–Crippen LogP) is 1.89. The van der Waals surface area contributed by atoms with E-state index in [-0.39, 0.29) is 5.97 Å². The number of hydrogen-bond donors (Lipinski definition) is 0. The van der Waals surface area contributed by atoms with Gasteiger partial charge in [0.15, 0.2) is 0 Å². The molecular formula is C13H17NO2. The van der Waals surface area contributed by atoms with Crippen LogP contribution in [0.1, 0.15) is 28.3 Å². The summed E-state index contributed by atoms with van der Waals surface area (Å²) in [5.74, 6) is 0.294. The molecule has 1 unspecified atom stereocenters. The molecule has 16 heavy (non-hydrogen) atoms. The molecule has 3 nitrogen and oxygen atoms in total. The number of rotatable bonds is 2. The van der Waals surface area contributed by atoms with Crippen molar-refractivity contribution in [1.82, 2.24) is 4.90 Å². The average Bonchev–Trinajstić information content (AvgIpc) is 2.75. The molecule has 1 aromatic carbocycles. The summed E-state index contributed by atoms with van der Waals surface area (Å²) in [5, 5.41) is 0. The number of methoxy groups -OCH3 is 1. The third-order valence-electron chi connectivity index (χ3n) is 3.17. The first-order valence-electron chi connectivity index (χ1n) is 5.57. The molecule has 1 heterocycles. The molecule has 3 heteroatoms. The Morgan fingerprint density at radius 2 is 2.31 bits per heavy atom. The van der Waals surface area contributed by atoms with E-state index in [9.17, 15) is 4.79 Å². The Morgan fingerprint density at radius 3 is 2.94 bits per heavy atom. The van der Waals surface area contributed by atoms with Crippen molar-refractivity contribution in [2.45, 2.75) is 12.3 Å². The van der Waals surface area contributed by atoms with E-state index in [2.05, 4.69) is 18.0 Å². The topological polar surface area (TPSA) is 29.5 Å². The second kappa shape index (κ2) is 4.66. The molecule has 0 saturated carbocycles. The molecule has 0 amide bonds. The van der Waals surface area contributed by atoms with Crippen LogP contribution in [0.5, 0.6) is 0 Å². The Kier molecular flexibility index (Phi) is 3.25. The molecular weight excluding hydrogens is 202 g/mol. The molecule has 0 aliphatic carbocycles. The number of hydrogen-bond acceptors (Lipinski definition) is 3. The lowest BCUT2D eigenvalue weighted by Gasteiger charge is -2.11. The van der Waals surface area contributed by atoms with Crippen molar-refractivity contribution < 1.29 is 9.53 Å². The first-order valence-corrected chi connectivity index (χ1v) is 5.57. The van der Waals surface area contributed by atoms with Gasteiger partial charge in [-0.05, 0) is 43.6 Å². The van der Waals surface area contributed by atoms with E-state index < -0.39 is 0 Å². The molecule has 0 spiro atoms. The molecule has 1 aliphatic heterocycles. The molecule has 1 saturated heterocycles. The van der Waals surface area contributed by atoms with Crippen molar-refractivity contribution in [2.75, 3.05) is 27.2 Å². The number of esters is 1. The quantitative estimate of drug-likeness (QED) is 0.711. The number of benzene rings is 1. The van der Waals surface area contributed by atoms with Gasteiger partial charge in [0.05, 0.1) is 12.7 Å². The van der Waals surface area contributed by atoms with Crippen LogP contribution in [0.15, 0.2) is 24.3 Å². The minimum absolute atomic E-state index is 0.256. The number of likely N-dealkylation sites (tertiary alicyclic amines) is 1. The lowest BCUT2D eigenvalue weighted by molar-refractivity contribution is 0.0600. The highest BCUT2D eigenvalue weighted by atomic mass is 16.5. The monoisotopic (exact) mass is 219 g/mol. The highest BCUT2D eigenvalue weighted by Crippen LogP contribution is 2.26. The Hall–Kier alpha value is -1.35. The number of carbonyl (C=O) groups is 1. The highest BCUT2D eigenvalue weighted by molar-refractivity contribution is 5.89. The Labute approximate surface area is 96.0 Å². The molecule has 1 aliphatic rings. The summed E-state index contributed by atoms with van der Waals surface area (Å²) >= 11 is 0.